The molecule has 2 aliphatic rings. The maximum absolute atomic E-state index is 12.2. The van der Waals surface area contributed by atoms with E-state index in [1.165, 1.54) is 25.0 Å². The van der Waals surface area contributed by atoms with Gasteiger partial charge in [0.2, 0.25) is 0 Å². The van der Waals surface area contributed by atoms with Gasteiger partial charge >= 0.3 is 6.61 Å². The minimum atomic E-state index is -2.81. The van der Waals surface area contributed by atoms with Crippen LogP contribution in [0.5, 0.6) is 5.75 Å². The van der Waals surface area contributed by atoms with Crippen molar-refractivity contribution in [3.8, 4) is 5.75 Å². The van der Waals surface area contributed by atoms with Crippen molar-refractivity contribution in [2.45, 2.75) is 52.7 Å². The number of rotatable bonds is 3. The van der Waals surface area contributed by atoms with E-state index >= 15 is 0 Å². The van der Waals surface area contributed by atoms with Crippen LogP contribution in [0.25, 0.3) is 0 Å². The van der Waals surface area contributed by atoms with Gasteiger partial charge in [0, 0.05) is 18.3 Å². The first kappa shape index (κ1) is 17.4. The van der Waals surface area contributed by atoms with Gasteiger partial charge in [-0.1, -0.05) is 20.8 Å². The van der Waals surface area contributed by atoms with E-state index in [0.717, 1.165) is 18.7 Å². The molecule has 3 rings (SSSR count). The van der Waals surface area contributed by atoms with Crippen molar-refractivity contribution >= 4 is 23.0 Å². The van der Waals surface area contributed by atoms with Crippen molar-refractivity contribution in [3.05, 3.63) is 24.3 Å². The predicted octanol–water partition coefficient (Wildman–Crippen LogP) is 4.89. The van der Waals surface area contributed by atoms with Gasteiger partial charge in [-0.3, -0.25) is 0 Å². The van der Waals surface area contributed by atoms with Crippen molar-refractivity contribution in [2.75, 3.05) is 11.9 Å². The first-order valence-corrected chi connectivity index (χ1v) is 8.69. The largest absolute Gasteiger partial charge is 0.435 e. The molecule has 1 aromatic carbocycles. The molecule has 2 atom stereocenters. The second-order valence-corrected chi connectivity index (χ2v) is 8.56. The molecular weight excluding hydrogens is 330 g/mol. The number of hydrogen-bond donors (Lipinski definition) is 1. The van der Waals surface area contributed by atoms with Crippen LogP contribution < -0.4 is 10.1 Å². The van der Waals surface area contributed by atoms with Crippen LogP contribution in [-0.4, -0.2) is 29.2 Å². The van der Waals surface area contributed by atoms with Gasteiger partial charge in [-0.2, -0.15) is 8.78 Å². The Labute approximate surface area is 147 Å². The molecule has 132 valence electrons. The molecule has 1 saturated heterocycles. The number of ether oxygens (including phenoxy) is 1. The fourth-order valence-corrected chi connectivity index (χ4v) is 4.94. The van der Waals surface area contributed by atoms with Crippen LogP contribution in [0.1, 0.15) is 40.0 Å². The van der Waals surface area contributed by atoms with E-state index in [4.69, 9.17) is 12.2 Å². The van der Waals surface area contributed by atoms with Crippen LogP contribution in [0, 0.1) is 10.8 Å². The Morgan fingerprint density at radius 2 is 1.92 bits per heavy atom. The Morgan fingerprint density at radius 1 is 1.25 bits per heavy atom. The van der Waals surface area contributed by atoms with Gasteiger partial charge < -0.3 is 15.0 Å². The lowest BCUT2D eigenvalue weighted by Gasteiger charge is -2.39. The average molecular weight is 354 g/mol. The molecule has 0 amide bonds. The van der Waals surface area contributed by atoms with Crippen molar-refractivity contribution in [1.29, 1.82) is 0 Å². The standard InChI is InChI=1S/C18H24F2N2OS/c1-17(2)8-13-9-18(3,10-17)11-22(13)16(24)21-12-4-6-14(7-5-12)23-15(19)20/h4-7,13,15H,8-11H2,1-3H3,(H,21,24)/t13-,18+/m1/s1. The highest BCUT2D eigenvalue weighted by Crippen LogP contribution is 2.52. The van der Waals surface area contributed by atoms with Crippen LogP contribution in [0.3, 0.4) is 0 Å². The van der Waals surface area contributed by atoms with E-state index in [1.54, 1.807) is 12.1 Å². The maximum atomic E-state index is 12.2. The van der Waals surface area contributed by atoms with E-state index in [0.29, 0.717) is 22.0 Å². The summed E-state index contributed by atoms with van der Waals surface area (Å²) >= 11 is 5.61. The first-order chi connectivity index (χ1) is 11.2. The SMILES string of the molecule is CC1(C)C[C@@H]2C[C@](C)(CN2C(=S)Nc2ccc(OC(F)F)cc2)C1. The van der Waals surface area contributed by atoms with Gasteiger partial charge in [0.25, 0.3) is 0 Å². The van der Waals surface area contributed by atoms with E-state index in [1.807, 2.05) is 0 Å². The predicted molar refractivity (Wildman–Crippen MR) is 95.5 cm³/mol. The van der Waals surface area contributed by atoms with E-state index < -0.39 is 6.61 Å². The number of fused-ring (bicyclic) bond motifs is 2. The van der Waals surface area contributed by atoms with Crippen molar-refractivity contribution < 1.29 is 13.5 Å². The lowest BCUT2D eigenvalue weighted by atomic mass is 9.65. The Kier molecular flexibility index (Phi) is 4.45. The molecule has 1 N–H and O–H groups in total. The summed E-state index contributed by atoms with van der Waals surface area (Å²) in [5.74, 6) is 0.146. The second kappa shape index (κ2) is 6.14. The van der Waals surface area contributed by atoms with Crippen LogP contribution >= 0.6 is 12.2 Å². The highest BCUT2D eigenvalue weighted by atomic mass is 32.1. The van der Waals surface area contributed by atoms with Crippen LogP contribution in [0.15, 0.2) is 24.3 Å². The van der Waals surface area contributed by atoms with Gasteiger partial charge in [-0.15, -0.1) is 0 Å². The van der Waals surface area contributed by atoms with Gasteiger partial charge in [0.1, 0.15) is 5.75 Å². The molecule has 0 aromatic heterocycles. The number of likely N-dealkylation sites (tertiary alicyclic amines) is 1. The topological polar surface area (TPSA) is 24.5 Å². The lowest BCUT2D eigenvalue weighted by Crippen LogP contribution is -2.39. The number of alkyl halides is 2. The van der Waals surface area contributed by atoms with Crippen LogP contribution in [-0.2, 0) is 0 Å². The molecule has 3 nitrogen and oxygen atoms in total. The Hall–Kier alpha value is -1.43. The zero-order chi connectivity index (χ0) is 17.5. The Bertz CT molecular complexity index is 620. The maximum Gasteiger partial charge on any atom is 0.387 e. The van der Waals surface area contributed by atoms with Gasteiger partial charge in [0.15, 0.2) is 5.11 Å². The first-order valence-electron chi connectivity index (χ1n) is 8.28. The van der Waals surface area contributed by atoms with Crippen molar-refractivity contribution in [3.63, 3.8) is 0 Å². The molecule has 1 aromatic rings. The van der Waals surface area contributed by atoms with Crippen molar-refractivity contribution in [2.24, 2.45) is 10.8 Å². The number of thiocarbonyl (C=S) groups is 1. The number of benzene rings is 1. The highest BCUT2D eigenvalue weighted by molar-refractivity contribution is 7.80. The number of halogens is 2. The molecule has 1 heterocycles. The summed E-state index contributed by atoms with van der Waals surface area (Å²) < 4.78 is 28.7. The summed E-state index contributed by atoms with van der Waals surface area (Å²) in [7, 11) is 0. The number of anilines is 1. The van der Waals surface area contributed by atoms with Crippen LogP contribution in [0.2, 0.25) is 0 Å². The minimum Gasteiger partial charge on any atom is -0.435 e. The third kappa shape index (κ3) is 3.79. The van der Waals surface area contributed by atoms with Gasteiger partial charge in [-0.25, -0.2) is 0 Å². The third-order valence-electron chi connectivity index (χ3n) is 5.01. The van der Waals surface area contributed by atoms with Gasteiger partial charge in [0.05, 0.1) is 0 Å². The Morgan fingerprint density at radius 3 is 2.54 bits per heavy atom. The number of hydrogen-bond acceptors (Lipinski definition) is 2. The van der Waals surface area contributed by atoms with Gasteiger partial charge in [-0.05, 0) is 66.6 Å². The number of nitrogens with one attached hydrogen (secondary N) is 1. The minimum absolute atomic E-state index is 0.146. The molecule has 2 bridgehead atoms. The molecular formula is C18H24F2N2OS. The van der Waals surface area contributed by atoms with Crippen LogP contribution in [0.4, 0.5) is 14.5 Å². The lowest BCUT2D eigenvalue weighted by molar-refractivity contribution is -0.0498. The van der Waals surface area contributed by atoms with Crippen molar-refractivity contribution in [1.82, 2.24) is 4.90 Å². The van der Waals surface area contributed by atoms with E-state index in [9.17, 15) is 8.78 Å². The summed E-state index contributed by atoms with van der Waals surface area (Å²) in [6.07, 6.45) is 3.54. The molecule has 0 unspecified atom stereocenters. The molecule has 2 fully saturated rings. The van der Waals surface area contributed by atoms with E-state index in [2.05, 4.69) is 35.7 Å². The second-order valence-electron chi connectivity index (χ2n) is 8.17. The quantitative estimate of drug-likeness (QED) is 0.782. The fourth-order valence-electron chi connectivity index (χ4n) is 4.61. The number of nitrogens with zero attached hydrogens (tertiary/aromatic N) is 1. The fraction of sp³-hybridized carbons (Fsp3) is 0.611. The molecule has 6 heteroatoms. The molecule has 1 aliphatic heterocycles. The summed E-state index contributed by atoms with van der Waals surface area (Å²) in [5, 5.41) is 3.95. The molecule has 1 aliphatic carbocycles. The zero-order valence-corrected chi connectivity index (χ0v) is 15.1. The molecule has 0 spiro atoms. The monoisotopic (exact) mass is 354 g/mol. The highest BCUT2D eigenvalue weighted by Gasteiger charge is 2.50. The normalized spacial score (nSPS) is 28.1. The summed E-state index contributed by atoms with van der Waals surface area (Å²) in [6.45, 7) is 5.18. The van der Waals surface area contributed by atoms with E-state index in [-0.39, 0.29) is 5.75 Å². The summed E-state index contributed by atoms with van der Waals surface area (Å²) in [4.78, 5) is 2.30. The average Bonchev–Trinajstić information content (AvgIpc) is 2.69. The summed E-state index contributed by atoms with van der Waals surface area (Å²) in [6, 6.07) is 6.92. The molecule has 1 saturated carbocycles. The molecule has 0 radical (unpaired) electrons. The zero-order valence-electron chi connectivity index (χ0n) is 14.3. The smallest absolute Gasteiger partial charge is 0.387 e. The molecule has 24 heavy (non-hydrogen) atoms. The third-order valence-corrected chi connectivity index (χ3v) is 5.34. The Balaban J connectivity index is 1.65. The summed E-state index contributed by atoms with van der Waals surface area (Å²) in [5.41, 5.74) is 1.44.